The van der Waals surface area contributed by atoms with Crippen molar-refractivity contribution in [2.75, 3.05) is 25.1 Å². The van der Waals surface area contributed by atoms with Crippen molar-refractivity contribution in [3.63, 3.8) is 0 Å². The van der Waals surface area contributed by atoms with Crippen LogP contribution in [0.3, 0.4) is 0 Å². The van der Waals surface area contributed by atoms with E-state index in [0.29, 0.717) is 37.0 Å². The number of aromatic nitrogens is 1. The molecular formula is C19H18ClF3N2O5. The number of carbonyl (C=O) groups excluding carboxylic acids is 2. The van der Waals surface area contributed by atoms with Gasteiger partial charge in [0.25, 0.3) is 5.91 Å². The van der Waals surface area contributed by atoms with Gasteiger partial charge >= 0.3 is 12.1 Å². The maximum Gasteiger partial charge on any atom is 0.417 e. The molecule has 0 unspecified atom stereocenters. The van der Waals surface area contributed by atoms with Crippen LogP contribution in [0.5, 0.6) is 11.5 Å². The summed E-state index contributed by atoms with van der Waals surface area (Å²) in [6.07, 6.45) is -4.09. The summed E-state index contributed by atoms with van der Waals surface area (Å²) in [6.45, 7) is 3.63. The van der Waals surface area contributed by atoms with Gasteiger partial charge < -0.3 is 19.5 Å². The molecule has 0 aliphatic rings. The highest BCUT2D eigenvalue weighted by Crippen LogP contribution is 2.32. The van der Waals surface area contributed by atoms with Crippen molar-refractivity contribution in [2.24, 2.45) is 0 Å². The Labute approximate surface area is 175 Å². The number of rotatable bonds is 8. The second-order valence-corrected chi connectivity index (χ2v) is 6.11. The Balaban J connectivity index is 1.99. The van der Waals surface area contributed by atoms with Gasteiger partial charge in [-0.05, 0) is 38.1 Å². The Morgan fingerprint density at radius 2 is 1.77 bits per heavy atom. The van der Waals surface area contributed by atoms with E-state index in [-0.39, 0.29) is 11.4 Å². The van der Waals surface area contributed by atoms with Gasteiger partial charge in [0.2, 0.25) is 0 Å². The summed E-state index contributed by atoms with van der Waals surface area (Å²) >= 11 is 5.72. The Morgan fingerprint density at radius 3 is 2.37 bits per heavy atom. The van der Waals surface area contributed by atoms with Crippen LogP contribution in [0.25, 0.3) is 0 Å². The maximum absolute atomic E-state index is 12.6. The summed E-state index contributed by atoms with van der Waals surface area (Å²) in [4.78, 5) is 27.6. The monoisotopic (exact) mass is 446 g/mol. The number of hydrogen-bond donors (Lipinski definition) is 1. The van der Waals surface area contributed by atoms with Gasteiger partial charge in [-0.1, -0.05) is 11.6 Å². The third-order valence-corrected chi connectivity index (χ3v) is 3.83. The van der Waals surface area contributed by atoms with Crippen molar-refractivity contribution < 1.29 is 37.0 Å². The Kier molecular flexibility index (Phi) is 7.87. The fourth-order valence-corrected chi connectivity index (χ4v) is 2.46. The Hall–Kier alpha value is -3.01. The zero-order valence-corrected chi connectivity index (χ0v) is 16.8. The van der Waals surface area contributed by atoms with Crippen molar-refractivity contribution >= 4 is 29.3 Å². The number of pyridine rings is 1. The summed E-state index contributed by atoms with van der Waals surface area (Å²) in [6, 6.07) is 5.04. The molecule has 0 fully saturated rings. The molecule has 162 valence electrons. The molecule has 1 N–H and O–H groups in total. The quantitative estimate of drug-likeness (QED) is 0.607. The smallest absolute Gasteiger partial charge is 0.417 e. The normalized spacial score (nSPS) is 11.0. The van der Waals surface area contributed by atoms with Crippen molar-refractivity contribution in [3.05, 3.63) is 46.6 Å². The predicted octanol–water partition coefficient (Wildman–Crippen LogP) is 4.35. The molecule has 0 spiro atoms. The summed E-state index contributed by atoms with van der Waals surface area (Å²) in [5, 5.41) is 1.78. The molecule has 0 bridgehead atoms. The molecule has 1 heterocycles. The van der Waals surface area contributed by atoms with Gasteiger partial charge in [0.1, 0.15) is 0 Å². The number of esters is 1. The third kappa shape index (κ3) is 6.24. The van der Waals surface area contributed by atoms with Crippen LogP contribution in [-0.4, -0.2) is 36.7 Å². The zero-order chi connectivity index (χ0) is 22.3. The molecule has 0 saturated carbocycles. The van der Waals surface area contributed by atoms with E-state index in [2.05, 4.69) is 10.3 Å². The summed E-state index contributed by atoms with van der Waals surface area (Å²) in [5.41, 5.74) is -0.932. The van der Waals surface area contributed by atoms with Crippen LogP contribution >= 0.6 is 11.6 Å². The molecule has 0 aliphatic heterocycles. The molecule has 0 radical (unpaired) electrons. The van der Waals surface area contributed by atoms with E-state index in [4.69, 9.17) is 25.8 Å². The van der Waals surface area contributed by atoms with Crippen LogP contribution in [0.1, 0.15) is 29.8 Å². The maximum atomic E-state index is 12.6. The molecule has 11 heteroatoms. The molecule has 30 heavy (non-hydrogen) atoms. The van der Waals surface area contributed by atoms with E-state index >= 15 is 0 Å². The van der Waals surface area contributed by atoms with Gasteiger partial charge in [-0.25, -0.2) is 9.78 Å². The molecule has 2 rings (SSSR count). The minimum atomic E-state index is -4.62. The number of hydrogen-bond acceptors (Lipinski definition) is 6. The van der Waals surface area contributed by atoms with Crippen LogP contribution in [0.15, 0.2) is 30.5 Å². The summed E-state index contributed by atoms with van der Waals surface area (Å²) < 4.78 is 53.6. The fraction of sp³-hybridized carbons (Fsp3) is 0.316. The molecule has 7 nitrogen and oxygen atoms in total. The number of nitrogens with zero attached hydrogens (tertiary/aromatic N) is 1. The van der Waals surface area contributed by atoms with Crippen LogP contribution in [-0.2, 0) is 15.7 Å². The van der Waals surface area contributed by atoms with Crippen molar-refractivity contribution in [3.8, 4) is 11.5 Å². The minimum Gasteiger partial charge on any atom is -0.490 e. The fourth-order valence-electron chi connectivity index (χ4n) is 2.25. The first-order valence-corrected chi connectivity index (χ1v) is 9.12. The average molecular weight is 447 g/mol. The van der Waals surface area contributed by atoms with E-state index in [0.717, 1.165) is 0 Å². The molecule has 1 aromatic heterocycles. The number of amides is 1. The number of ether oxygens (including phenoxy) is 3. The molecule has 0 saturated heterocycles. The lowest BCUT2D eigenvalue weighted by molar-refractivity contribution is -0.137. The standard InChI is InChI=1S/C19H18ClF3N2O5/c1-3-28-14-6-5-11(7-15(14)29-4-2)18(27)30-10-16(26)25-17-13(20)8-12(9-24-17)19(21,22)23/h5-9H,3-4,10H2,1-2H3,(H,24,25,26). The number of carbonyl (C=O) groups is 2. The van der Waals surface area contributed by atoms with Crippen molar-refractivity contribution in [1.82, 2.24) is 4.98 Å². The number of benzene rings is 1. The molecule has 1 amide bonds. The third-order valence-electron chi connectivity index (χ3n) is 3.54. The molecule has 1 aromatic carbocycles. The number of alkyl halides is 3. The highest BCUT2D eigenvalue weighted by molar-refractivity contribution is 6.33. The van der Waals surface area contributed by atoms with Crippen LogP contribution in [0.2, 0.25) is 5.02 Å². The summed E-state index contributed by atoms with van der Waals surface area (Å²) in [5.74, 6) is -1.12. The van der Waals surface area contributed by atoms with E-state index in [1.807, 2.05) is 0 Å². The van der Waals surface area contributed by atoms with Gasteiger partial charge in [-0.3, -0.25) is 4.79 Å². The largest absolute Gasteiger partial charge is 0.490 e. The van der Waals surface area contributed by atoms with Crippen molar-refractivity contribution in [2.45, 2.75) is 20.0 Å². The minimum absolute atomic E-state index is 0.125. The van der Waals surface area contributed by atoms with Gasteiger partial charge in [-0.15, -0.1) is 0 Å². The number of halogens is 4. The Bertz CT molecular complexity index is 922. The van der Waals surface area contributed by atoms with Gasteiger partial charge in [0.05, 0.1) is 29.4 Å². The number of anilines is 1. The van der Waals surface area contributed by atoms with E-state index in [1.165, 1.54) is 18.2 Å². The first kappa shape index (κ1) is 23.3. The van der Waals surface area contributed by atoms with Crippen LogP contribution < -0.4 is 14.8 Å². The van der Waals surface area contributed by atoms with Crippen LogP contribution in [0, 0.1) is 0 Å². The van der Waals surface area contributed by atoms with E-state index in [9.17, 15) is 22.8 Å². The highest BCUT2D eigenvalue weighted by Gasteiger charge is 2.31. The van der Waals surface area contributed by atoms with Gasteiger partial charge in [0.15, 0.2) is 23.9 Å². The lowest BCUT2D eigenvalue weighted by Gasteiger charge is -2.12. The highest BCUT2D eigenvalue weighted by atomic mass is 35.5. The molecule has 0 atom stereocenters. The molecule has 0 aliphatic carbocycles. The van der Waals surface area contributed by atoms with Crippen molar-refractivity contribution in [1.29, 1.82) is 0 Å². The average Bonchev–Trinajstić information content (AvgIpc) is 2.68. The second kappa shape index (κ2) is 10.1. The summed E-state index contributed by atoms with van der Waals surface area (Å²) in [7, 11) is 0. The van der Waals surface area contributed by atoms with E-state index < -0.39 is 35.2 Å². The molecule has 2 aromatic rings. The van der Waals surface area contributed by atoms with Gasteiger partial charge in [0, 0.05) is 6.20 Å². The first-order chi connectivity index (χ1) is 14.2. The lowest BCUT2D eigenvalue weighted by Crippen LogP contribution is -2.22. The van der Waals surface area contributed by atoms with Gasteiger partial charge in [-0.2, -0.15) is 13.2 Å². The predicted molar refractivity (Wildman–Crippen MR) is 102 cm³/mol. The molecular weight excluding hydrogens is 429 g/mol. The van der Waals surface area contributed by atoms with Crippen LogP contribution in [0.4, 0.5) is 19.0 Å². The zero-order valence-electron chi connectivity index (χ0n) is 16.0. The SMILES string of the molecule is CCOc1ccc(C(=O)OCC(=O)Nc2ncc(C(F)(F)F)cc2Cl)cc1OCC. The van der Waals surface area contributed by atoms with E-state index in [1.54, 1.807) is 13.8 Å². The topological polar surface area (TPSA) is 86.8 Å². The Morgan fingerprint density at radius 1 is 1.10 bits per heavy atom. The first-order valence-electron chi connectivity index (χ1n) is 8.75. The number of nitrogens with one attached hydrogen (secondary N) is 1. The lowest BCUT2D eigenvalue weighted by atomic mass is 10.2. The second-order valence-electron chi connectivity index (χ2n) is 5.70.